The molecule has 0 radical (unpaired) electrons. The summed E-state index contributed by atoms with van der Waals surface area (Å²) in [5.74, 6) is -1.63. The molecule has 1 aromatic heterocycles. The van der Waals surface area contributed by atoms with E-state index in [4.69, 9.17) is 4.74 Å². The van der Waals surface area contributed by atoms with Crippen LogP contribution in [-0.2, 0) is 0 Å². The van der Waals surface area contributed by atoms with Gasteiger partial charge in [-0.1, -0.05) is 0 Å². The molecule has 3 heterocycles. The number of anilines is 1. The molecule has 1 aliphatic carbocycles. The molecule has 1 saturated heterocycles. The van der Waals surface area contributed by atoms with Gasteiger partial charge in [0.05, 0.1) is 11.1 Å². The van der Waals surface area contributed by atoms with Gasteiger partial charge in [-0.05, 0) is 25.8 Å². The van der Waals surface area contributed by atoms with Gasteiger partial charge in [0.2, 0.25) is 5.43 Å². The lowest BCUT2D eigenvalue weighted by molar-refractivity contribution is 0.0695. The summed E-state index contributed by atoms with van der Waals surface area (Å²) in [7, 11) is 0. The zero-order valence-corrected chi connectivity index (χ0v) is 15.4. The Morgan fingerprint density at radius 1 is 1.25 bits per heavy atom. The number of ether oxygens (including phenoxy) is 1. The van der Waals surface area contributed by atoms with Crippen LogP contribution < -0.4 is 15.1 Å². The topological polar surface area (TPSA) is 75.0 Å². The molecular weight excluding hydrogens is 365 g/mol. The molecule has 5 rings (SSSR count). The molecule has 0 bridgehead atoms. The minimum atomic E-state index is -1.34. The third-order valence-electron chi connectivity index (χ3n) is 5.82. The summed E-state index contributed by atoms with van der Waals surface area (Å²) in [5, 5.41) is 9.36. The molecule has 1 saturated carbocycles. The monoisotopic (exact) mass is 385 g/mol. The molecule has 7 nitrogen and oxygen atoms in total. The lowest BCUT2D eigenvalue weighted by Crippen LogP contribution is -2.47. The number of carbonyl (C=O) groups is 1. The molecular formula is C20H20FN3O4. The van der Waals surface area contributed by atoms with Gasteiger partial charge in [0.1, 0.15) is 23.0 Å². The van der Waals surface area contributed by atoms with Crippen molar-refractivity contribution in [2.24, 2.45) is 0 Å². The molecule has 0 unspecified atom stereocenters. The number of pyridine rings is 1. The van der Waals surface area contributed by atoms with Gasteiger partial charge in [-0.2, -0.15) is 0 Å². The number of benzene rings is 1. The third-order valence-corrected chi connectivity index (χ3v) is 5.82. The van der Waals surface area contributed by atoms with Gasteiger partial charge in [0.15, 0.2) is 11.6 Å². The van der Waals surface area contributed by atoms with Crippen LogP contribution in [0.15, 0.2) is 23.3 Å². The highest BCUT2D eigenvalue weighted by Crippen LogP contribution is 2.42. The second-order valence-electron chi connectivity index (χ2n) is 7.61. The van der Waals surface area contributed by atoms with E-state index in [-0.39, 0.29) is 11.1 Å². The van der Waals surface area contributed by atoms with Crippen LogP contribution in [0.2, 0.25) is 0 Å². The average Bonchev–Trinajstić information content (AvgIpc) is 3.51. The first-order chi connectivity index (χ1) is 13.5. The van der Waals surface area contributed by atoms with Gasteiger partial charge >= 0.3 is 5.97 Å². The summed E-state index contributed by atoms with van der Waals surface area (Å²) in [6, 6.07) is 1.82. The number of nitrogens with zero attached hydrogens (tertiary/aromatic N) is 3. The van der Waals surface area contributed by atoms with E-state index in [2.05, 4.69) is 4.90 Å². The van der Waals surface area contributed by atoms with E-state index in [1.807, 2.05) is 4.90 Å². The summed E-state index contributed by atoms with van der Waals surface area (Å²) in [5.41, 5.74) is 0.274. The van der Waals surface area contributed by atoms with Gasteiger partial charge in [-0.15, -0.1) is 0 Å². The van der Waals surface area contributed by atoms with E-state index in [0.717, 1.165) is 19.2 Å². The van der Waals surface area contributed by atoms with Crippen LogP contribution in [0, 0.1) is 5.82 Å². The van der Waals surface area contributed by atoms with Gasteiger partial charge in [-0.3, -0.25) is 9.69 Å². The van der Waals surface area contributed by atoms with E-state index in [1.165, 1.54) is 25.3 Å². The van der Waals surface area contributed by atoms with E-state index in [0.29, 0.717) is 36.0 Å². The molecule has 2 fully saturated rings. The summed E-state index contributed by atoms with van der Waals surface area (Å²) in [6.45, 7) is 4.82. The molecule has 0 amide bonds. The van der Waals surface area contributed by atoms with Crippen molar-refractivity contribution in [2.45, 2.75) is 25.8 Å². The number of carboxylic acid groups (broad SMARTS) is 1. The van der Waals surface area contributed by atoms with Crippen LogP contribution >= 0.6 is 0 Å². The SMILES string of the molecule is CC1=COc2c(N3CCN(C4CC4)CC3)c(F)cc3c(=O)c(C(=O)O)cn1c23. The lowest BCUT2D eigenvalue weighted by atomic mass is 10.1. The minimum Gasteiger partial charge on any atom is -0.477 e. The molecule has 2 aliphatic heterocycles. The Kier molecular flexibility index (Phi) is 3.74. The van der Waals surface area contributed by atoms with Crippen molar-refractivity contribution in [2.75, 3.05) is 31.1 Å². The van der Waals surface area contributed by atoms with Gasteiger partial charge in [-0.25, -0.2) is 9.18 Å². The Bertz CT molecular complexity index is 1100. The number of aromatic carboxylic acids is 1. The fraction of sp³-hybridized carbons (Fsp3) is 0.400. The zero-order valence-electron chi connectivity index (χ0n) is 15.4. The highest BCUT2D eigenvalue weighted by atomic mass is 19.1. The number of allylic oxidation sites excluding steroid dienone is 1. The van der Waals surface area contributed by atoms with E-state index in [1.54, 1.807) is 11.5 Å². The van der Waals surface area contributed by atoms with Crippen molar-refractivity contribution in [3.8, 4) is 5.75 Å². The molecule has 1 N–H and O–H groups in total. The predicted molar refractivity (Wildman–Crippen MR) is 103 cm³/mol. The first kappa shape index (κ1) is 17.2. The third kappa shape index (κ3) is 2.51. The number of carboxylic acids is 1. The maximum Gasteiger partial charge on any atom is 0.341 e. The Hall–Kier alpha value is -2.87. The van der Waals surface area contributed by atoms with Crippen molar-refractivity contribution in [3.63, 3.8) is 0 Å². The van der Waals surface area contributed by atoms with Crippen LogP contribution in [0.5, 0.6) is 5.75 Å². The number of hydrogen-bond donors (Lipinski definition) is 1. The number of hydrogen-bond acceptors (Lipinski definition) is 5. The maximum absolute atomic E-state index is 15.1. The van der Waals surface area contributed by atoms with Crippen LogP contribution in [0.1, 0.15) is 30.1 Å². The van der Waals surface area contributed by atoms with Crippen molar-refractivity contribution >= 4 is 28.3 Å². The van der Waals surface area contributed by atoms with Crippen LogP contribution in [0.25, 0.3) is 16.6 Å². The number of rotatable bonds is 3. The molecule has 8 heteroatoms. The highest BCUT2D eigenvalue weighted by molar-refractivity contribution is 5.99. The van der Waals surface area contributed by atoms with Crippen LogP contribution in [0.4, 0.5) is 10.1 Å². The molecule has 1 aromatic carbocycles. The molecule has 0 atom stereocenters. The van der Waals surface area contributed by atoms with Crippen molar-refractivity contribution in [1.82, 2.24) is 9.47 Å². The Morgan fingerprint density at radius 3 is 2.61 bits per heavy atom. The van der Waals surface area contributed by atoms with E-state index < -0.39 is 22.8 Å². The fourth-order valence-electron chi connectivity index (χ4n) is 4.20. The van der Waals surface area contributed by atoms with E-state index >= 15 is 4.39 Å². The second kappa shape index (κ2) is 6.07. The molecule has 3 aliphatic rings. The van der Waals surface area contributed by atoms with Crippen LogP contribution in [-0.4, -0.2) is 52.8 Å². The van der Waals surface area contributed by atoms with Crippen molar-refractivity contribution in [1.29, 1.82) is 0 Å². The molecule has 146 valence electrons. The zero-order chi connectivity index (χ0) is 19.6. The van der Waals surface area contributed by atoms with Crippen molar-refractivity contribution < 1.29 is 19.0 Å². The maximum atomic E-state index is 15.1. The summed E-state index contributed by atoms with van der Waals surface area (Å²) >= 11 is 0. The first-order valence-electron chi connectivity index (χ1n) is 9.43. The smallest absolute Gasteiger partial charge is 0.341 e. The molecule has 0 spiro atoms. The van der Waals surface area contributed by atoms with Crippen LogP contribution in [0.3, 0.4) is 0 Å². The lowest BCUT2D eigenvalue weighted by Gasteiger charge is -2.37. The minimum absolute atomic E-state index is 0.0141. The summed E-state index contributed by atoms with van der Waals surface area (Å²) < 4.78 is 22.5. The van der Waals surface area contributed by atoms with Gasteiger partial charge in [0, 0.05) is 38.4 Å². The molecule has 28 heavy (non-hydrogen) atoms. The Labute approximate surface area is 160 Å². The fourth-order valence-corrected chi connectivity index (χ4v) is 4.20. The average molecular weight is 385 g/mol. The standard InChI is InChI=1S/C20H20FN3O4/c1-11-10-28-19-16-13(18(25)14(20(26)27)9-24(11)16)8-15(21)17(19)23-6-4-22(5-7-23)12-2-3-12/h8-10,12H,2-7H2,1H3,(H,26,27). The van der Waals surface area contributed by atoms with Crippen molar-refractivity contribution in [3.05, 3.63) is 40.1 Å². The number of piperazine rings is 1. The number of halogens is 1. The van der Waals surface area contributed by atoms with E-state index in [9.17, 15) is 14.7 Å². The highest BCUT2D eigenvalue weighted by Gasteiger charge is 2.34. The van der Waals surface area contributed by atoms with Gasteiger partial charge in [0.25, 0.3) is 0 Å². The molecule has 2 aromatic rings. The quantitative estimate of drug-likeness (QED) is 0.874. The summed E-state index contributed by atoms with van der Waals surface area (Å²) in [4.78, 5) is 28.5. The number of aromatic nitrogens is 1. The van der Waals surface area contributed by atoms with Gasteiger partial charge < -0.3 is 19.3 Å². The Morgan fingerprint density at radius 2 is 1.96 bits per heavy atom. The first-order valence-corrected chi connectivity index (χ1v) is 9.43. The Balaban J connectivity index is 1.67. The largest absolute Gasteiger partial charge is 0.477 e. The normalized spacial score (nSPS) is 19.5. The second-order valence-corrected chi connectivity index (χ2v) is 7.61. The predicted octanol–water partition coefficient (Wildman–Crippen LogP) is 2.33. The summed E-state index contributed by atoms with van der Waals surface area (Å²) in [6.07, 6.45) is 5.22.